The van der Waals surface area contributed by atoms with E-state index in [2.05, 4.69) is 6.58 Å². The Balaban J connectivity index is 2.65. The summed E-state index contributed by atoms with van der Waals surface area (Å²) in [5, 5.41) is 0. The summed E-state index contributed by atoms with van der Waals surface area (Å²) in [5.74, 6) is -2.08. The molecule has 18 heavy (non-hydrogen) atoms. The van der Waals surface area contributed by atoms with Crippen molar-refractivity contribution in [2.24, 2.45) is 0 Å². The highest BCUT2D eigenvalue weighted by molar-refractivity contribution is 6.43. The molecule has 0 saturated heterocycles. The zero-order valence-corrected chi connectivity index (χ0v) is 10.7. The molecule has 0 N–H and O–H groups in total. The molecule has 2 amide bonds. The number of allylic oxidation sites excluding steroid dienone is 1. The minimum Gasteiger partial charge on any atom is -0.290 e. The summed E-state index contributed by atoms with van der Waals surface area (Å²) in [4.78, 5) is 47.1. The van der Waals surface area contributed by atoms with E-state index in [4.69, 9.17) is 0 Å². The normalized spacial score (nSPS) is 15.4. The number of imide groups is 1. The smallest absolute Gasteiger partial charge is 0.256 e. The van der Waals surface area contributed by atoms with E-state index in [1.807, 2.05) is 0 Å². The van der Waals surface area contributed by atoms with Gasteiger partial charge in [-0.15, -0.1) is 0 Å². The van der Waals surface area contributed by atoms with Gasteiger partial charge in [0.2, 0.25) is 11.6 Å². The van der Waals surface area contributed by atoms with Gasteiger partial charge in [0.15, 0.2) is 0 Å². The quantitative estimate of drug-likeness (QED) is 0.410. The third-order valence-electron chi connectivity index (χ3n) is 2.90. The minimum absolute atomic E-state index is 0.0653. The number of Topliss-reactive ketones (excluding diaryl/α,β-unsaturated/α-hetero) is 2. The maximum Gasteiger partial charge on any atom is 0.256 e. The van der Waals surface area contributed by atoms with Crippen LogP contribution in [0.25, 0.3) is 0 Å². The van der Waals surface area contributed by atoms with Crippen molar-refractivity contribution in [2.75, 3.05) is 6.54 Å². The summed E-state index contributed by atoms with van der Waals surface area (Å²) in [6, 6.07) is 0. The summed E-state index contributed by atoms with van der Waals surface area (Å²) in [7, 11) is 0. The first-order chi connectivity index (χ1) is 8.27. The minimum atomic E-state index is -0.657. The highest BCUT2D eigenvalue weighted by Crippen LogP contribution is 2.19. The van der Waals surface area contributed by atoms with E-state index in [1.54, 1.807) is 13.8 Å². The number of rotatable bonds is 5. The van der Waals surface area contributed by atoms with Gasteiger partial charge in [-0.25, -0.2) is 0 Å². The molecule has 0 aromatic carbocycles. The molecule has 0 fully saturated rings. The second-order valence-corrected chi connectivity index (χ2v) is 4.29. The van der Waals surface area contributed by atoms with Crippen molar-refractivity contribution in [3.8, 4) is 0 Å². The van der Waals surface area contributed by atoms with E-state index in [0.717, 1.165) is 4.90 Å². The molecule has 1 aliphatic heterocycles. The summed E-state index contributed by atoms with van der Waals surface area (Å²) in [6.45, 7) is 7.90. The predicted octanol–water partition coefficient (Wildman–Crippen LogP) is 0.796. The third-order valence-corrected chi connectivity index (χ3v) is 2.90. The molecule has 0 aromatic rings. The molecule has 1 heterocycles. The van der Waals surface area contributed by atoms with Gasteiger partial charge in [0.05, 0.1) is 0 Å². The Morgan fingerprint density at radius 2 is 1.56 bits per heavy atom. The topological polar surface area (TPSA) is 71.5 Å². The number of ketones is 2. The zero-order chi connectivity index (χ0) is 14.0. The molecule has 1 rings (SSSR count). The van der Waals surface area contributed by atoms with Gasteiger partial charge >= 0.3 is 0 Å². The van der Waals surface area contributed by atoms with Crippen molar-refractivity contribution in [2.45, 2.75) is 27.2 Å². The van der Waals surface area contributed by atoms with Crippen molar-refractivity contribution in [3.63, 3.8) is 0 Å². The van der Waals surface area contributed by atoms with Gasteiger partial charge in [0.25, 0.3) is 11.8 Å². The molecule has 5 heteroatoms. The fourth-order valence-corrected chi connectivity index (χ4v) is 1.59. The van der Waals surface area contributed by atoms with Gasteiger partial charge in [-0.3, -0.25) is 24.1 Å². The molecule has 5 nitrogen and oxygen atoms in total. The monoisotopic (exact) mass is 249 g/mol. The van der Waals surface area contributed by atoms with Crippen LogP contribution in [0.1, 0.15) is 27.2 Å². The maximum atomic E-state index is 11.7. The van der Waals surface area contributed by atoms with Crippen LogP contribution in [0, 0.1) is 0 Å². The Kier molecular flexibility index (Phi) is 3.96. The van der Waals surface area contributed by atoms with Crippen LogP contribution in [-0.4, -0.2) is 34.8 Å². The molecule has 0 spiro atoms. The van der Waals surface area contributed by atoms with Crippen LogP contribution in [0.5, 0.6) is 0 Å². The lowest BCUT2D eigenvalue weighted by Gasteiger charge is -2.13. The Morgan fingerprint density at radius 3 is 1.94 bits per heavy atom. The van der Waals surface area contributed by atoms with Crippen LogP contribution in [0.3, 0.4) is 0 Å². The first-order valence-electron chi connectivity index (χ1n) is 5.54. The number of amides is 2. The molecule has 0 aliphatic carbocycles. The first kappa shape index (κ1) is 14.0. The number of hydrogen-bond donors (Lipinski definition) is 0. The first-order valence-corrected chi connectivity index (χ1v) is 5.54. The second-order valence-electron chi connectivity index (χ2n) is 4.29. The Morgan fingerprint density at radius 1 is 1.11 bits per heavy atom. The van der Waals surface area contributed by atoms with Crippen molar-refractivity contribution in [3.05, 3.63) is 23.3 Å². The lowest BCUT2D eigenvalue weighted by atomic mass is 10.1. The van der Waals surface area contributed by atoms with Crippen LogP contribution in [0.15, 0.2) is 23.3 Å². The largest absolute Gasteiger partial charge is 0.290 e. The molecule has 1 aliphatic rings. The molecule has 0 atom stereocenters. The van der Waals surface area contributed by atoms with Crippen LogP contribution in [-0.2, 0) is 19.2 Å². The number of carbonyl (C=O) groups is 4. The van der Waals surface area contributed by atoms with Crippen LogP contribution < -0.4 is 0 Å². The average Bonchev–Trinajstić information content (AvgIpc) is 2.50. The van der Waals surface area contributed by atoms with E-state index in [-0.39, 0.29) is 18.5 Å². The van der Waals surface area contributed by atoms with Gasteiger partial charge in [-0.2, -0.15) is 0 Å². The molecule has 0 radical (unpaired) electrons. The maximum absolute atomic E-state index is 11.7. The van der Waals surface area contributed by atoms with Crippen molar-refractivity contribution in [1.82, 2.24) is 4.90 Å². The lowest BCUT2D eigenvalue weighted by Crippen LogP contribution is -2.34. The van der Waals surface area contributed by atoms with Crippen LogP contribution in [0.2, 0.25) is 0 Å². The fraction of sp³-hybridized carbons (Fsp3) is 0.385. The number of hydrogen-bond acceptors (Lipinski definition) is 4. The summed E-state index contributed by atoms with van der Waals surface area (Å²) in [5.41, 5.74) is 0.932. The molecule has 0 saturated carbocycles. The Labute approximate surface area is 105 Å². The molecular weight excluding hydrogens is 234 g/mol. The van der Waals surface area contributed by atoms with E-state index < -0.39 is 23.4 Å². The van der Waals surface area contributed by atoms with Crippen molar-refractivity contribution < 1.29 is 19.2 Å². The van der Waals surface area contributed by atoms with E-state index >= 15 is 0 Å². The zero-order valence-electron chi connectivity index (χ0n) is 10.7. The van der Waals surface area contributed by atoms with Crippen molar-refractivity contribution >= 4 is 23.4 Å². The van der Waals surface area contributed by atoms with Gasteiger partial charge < -0.3 is 0 Å². The summed E-state index contributed by atoms with van der Waals surface area (Å²) in [6.07, 6.45) is -0.163. The average molecular weight is 249 g/mol. The molecular formula is C13H15NO4. The van der Waals surface area contributed by atoms with Crippen LogP contribution >= 0.6 is 0 Å². The standard InChI is InChI=1S/C13H15NO4/c1-7(2)11(16)10(15)5-6-14-12(17)8(3)9(4)13(14)18/h1,5-6H2,2-4H3. The highest BCUT2D eigenvalue weighted by atomic mass is 16.2. The Bertz CT molecular complexity index is 475. The summed E-state index contributed by atoms with van der Waals surface area (Å²) < 4.78 is 0. The van der Waals surface area contributed by atoms with Gasteiger partial charge in [0.1, 0.15) is 0 Å². The summed E-state index contributed by atoms with van der Waals surface area (Å²) >= 11 is 0. The molecule has 0 unspecified atom stereocenters. The lowest BCUT2D eigenvalue weighted by molar-refractivity contribution is -0.139. The van der Waals surface area contributed by atoms with Gasteiger partial charge in [-0.1, -0.05) is 6.58 Å². The SMILES string of the molecule is C=C(C)C(=O)C(=O)CCN1C(=O)C(C)=C(C)C1=O. The molecule has 96 valence electrons. The number of nitrogens with zero attached hydrogens (tertiary/aromatic N) is 1. The predicted molar refractivity (Wildman–Crippen MR) is 64.5 cm³/mol. The van der Waals surface area contributed by atoms with E-state index in [0.29, 0.717) is 11.1 Å². The van der Waals surface area contributed by atoms with Crippen LogP contribution in [0.4, 0.5) is 0 Å². The Hall–Kier alpha value is -2.04. The highest BCUT2D eigenvalue weighted by Gasteiger charge is 2.33. The molecule has 0 aromatic heterocycles. The fourth-order valence-electron chi connectivity index (χ4n) is 1.59. The van der Waals surface area contributed by atoms with Gasteiger partial charge in [-0.05, 0) is 26.3 Å². The second kappa shape index (κ2) is 5.08. The number of carbonyl (C=O) groups excluding carboxylic acids is 4. The van der Waals surface area contributed by atoms with Gasteiger partial charge in [0, 0.05) is 24.1 Å². The van der Waals surface area contributed by atoms with E-state index in [9.17, 15) is 19.2 Å². The van der Waals surface area contributed by atoms with E-state index in [1.165, 1.54) is 6.92 Å². The van der Waals surface area contributed by atoms with Crippen molar-refractivity contribution in [1.29, 1.82) is 0 Å². The third kappa shape index (κ3) is 2.45. The molecule has 0 bridgehead atoms.